The quantitative estimate of drug-likeness (QED) is 0.547. The number of carbonyl (C=O) groups is 1. The van der Waals surface area contributed by atoms with E-state index in [0.717, 1.165) is 0 Å². The molecule has 0 saturated heterocycles. The summed E-state index contributed by atoms with van der Waals surface area (Å²) in [5.41, 5.74) is 0. The monoisotopic (exact) mass is 143 g/mol. The van der Waals surface area contributed by atoms with Crippen LogP contribution in [-0.4, -0.2) is 24.2 Å². The molecule has 2 N–H and O–H groups in total. The maximum absolute atomic E-state index is 10.7. The number of carbonyl (C=O) groups excluding carboxylic acids is 1. The van der Waals surface area contributed by atoms with Crippen LogP contribution >= 0.6 is 0 Å². The fraction of sp³-hybridized carbons (Fsp3) is 0.571. The number of allylic oxidation sites excluding steroid dienone is 1. The van der Waals surface area contributed by atoms with Gasteiger partial charge in [-0.2, -0.15) is 0 Å². The predicted octanol–water partition coefficient (Wildman–Crippen LogP) is 0.0611. The van der Waals surface area contributed by atoms with E-state index in [4.69, 9.17) is 5.11 Å². The Bertz CT molecular complexity index is 121. The lowest BCUT2D eigenvalue weighted by atomic mass is 10.3. The van der Waals surface area contributed by atoms with Gasteiger partial charge < -0.3 is 10.4 Å². The Morgan fingerprint density at radius 2 is 2.40 bits per heavy atom. The van der Waals surface area contributed by atoms with Gasteiger partial charge >= 0.3 is 0 Å². The van der Waals surface area contributed by atoms with Crippen molar-refractivity contribution >= 4 is 5.91 Å². The lowest BCUT2D eigenvalue weighted by molar-refractivity contribution is -0.120. The van der Waals surface area contributed by atoms with E-state index in [0.29, 0.717) is 13.0 Å². The van der Waals surface area contributed by atoms with Crippen LogP contribution in [0.5, 0.6) is 0 Å². The van der Waals surface area contributed by atoms with Gasteiger partial charge in [0.1, 0.15) is 0 Å². The molecule has 0 heterocycles. The Morgan fingerprint density at radius 3 is 2.90 bits per heavy atom. The van der Waals surface area contributed by atoms with Gasteiger partial charge in [0, 0.05) is 13.0 Å². The first kappa shape index (κ1) is 9.17. The van der Waals surface area contributed by atoms with Crippen molar-refractivity contribution in [2.75, 3.05) is 13.2 Å². The summed E-state index contributed by atoms with van der Waals surface area (Å²) >= 11 is 0. The van der Waals surface area contributed by atoms with Crippen LogP contribution in [0, 0.1) is 0 Å². The van der Waals surface area contributed by atoms with Crippen LogP contribution in [-0.2, 0) is 4.79 Å². The molecule has 1 amide bonds. The third kappa shape index (κ3) is 5.31. The zero-order chi connectivity index (χ0) is 7.82. The molecule has 0 atom stereocenters. The molecule has 0 aliphatic heterocycles. The predicted molar refractivity (Wildman–Crippen MR) is 39.5 cm³/mol. The zero-order valence-electron chi connectivity index (χ0n) is 6.13. The Balaban J connectivity index is 3.25. The van der Waals surface area contributed by atoms with Gasteiger partial charge in [0.25, 0.3) is 0 Å². The second-order valence-electron chi connectivity index (χ2n) is 1.85. The number of hydrogen-bond acceptors (Lipinski definition) is 2. The minimum Gasteiger partial charge on any atom is -0.395 e. The molecule has 58 valence electrons. The number of nitrogens with one attached hydrogen (secondary N) is 1. The number of aliphatic hydroxyl groups is 1. The van der Waals surface area contributed by atoms with Gasteiger partial charge in [-0.3, -0.25) is 4.79 Å². The minimum atomic E-state index is -0.0489. The normalized spacial score (nSPS) is 10.2. The van der Waals surface area contributed by atoms with Crippen LogP contribution in [0.15, 0.2) is 12.2 Å². The highest BCUT2D eigenvalue weighted by molar-refractivity contribution is 5.77. The molecule has 0 aromatic carbocycles. The molecule has 0 bridgehead atoms. The van der Waals surface area contributed by atoms with Crippen molar-refractivity contribution in [2.24, 2.45) is 0 Å². The van der Waals surface area contributed by atoms with Crippen molar-refractivity contribution in [1.29, 1.82) is 0 Å². The van der Waals surface area contributed by atoms with E-state index >= 15 is 0 Å². The summed E-state index contributed by atoms with van der Waals surface area (Å²) in [5.74, 6) is -0.0489. The molecule has 0 aliphatic carbocycles. The lowest BCUT2D eigenvalue weighted by Crippen LogP contribution is -2.25. The van der Waals surface area contributed by atoms with E-state index in [1.165, 1.54) is 0 Å². The summed E-state index contributed by atoms with van der Waals surface area (Å²) in [5, 5.41) is 10.8. The molecule has 0 unspecified atom stereocenters. The molecule has 0 fully saturated rings. The van der Waals surface area contributed by atoms with Crippen molar-refractivity contribution < 1.29 is 9.90 Å². The molecule has 0 aliphatic rings. The van der Waals surface area contributed by atoms with E-state index in [1.807, 2.05) is 13.0 Å². The average molecular weight is 143 g/mol. The first-order valence-corrected chi connectivity index (χ1v) is 3.30. The Kier molecular flexibility index (Phi) is 5.77. The highest BCUT2D eigenvalue weighted by atomic mass is 16.3. The van der Waals surface area contributed by atoms with E-state index in [1.54, 1.807) is 6.08 Å². The molecule has 10 heavy (non-hydrogen) atoms. The largest absolute Gasteiger partial charge is 0.395 e. The highest BCUT2D eigenvalue weighted by Crippen LogP contribution is 1.80. The van der Waals surface area contributed by atoms with Gasteiger partial charge in [-0.1, -0.05) is 12.2 Å². The van der Waals surface area contributed by atoms with Crippen LogP contribution in [0.4, 0.5) is 0 Å². The van der Waals surface area contributed by atoms with Crippen LogP contribution < -0.4 is 5.32 Å². The van der Waals surface area contributed by atoms with Crippen LogP contribution in [0.25, 0.3) is 0 Å². The number of amides is 1. The average Bonchev–Trinajstić information content (AvgIpc) is 1.97. The van der Waals surface area contributed by atoms with Gasteiger partial charge in [0.05, 0.1) is 6.61 Å². The summed E-state index contributed by atoms with van der Waals surface area (Å²) in [6, 6.07) is 0. The Morgan fingerprint density at radius 1 is 1.70 bits per heavy atom. The third-order valence-electron chi connectivity index (χ3n) is 0.973. The molecule has 0 aromatic rings. The zero-order valence-corrected chi connectivity index (χ0v) is 6.13. The molecule has 0 rings (SSSR count). The molecule has 0 spiro atoms. The number of hydrogen-bond donors (Lipinski definition) is 2. The van der Waals surface area contributed by atoms with Gasteiger partial charge in [-0.15, -0.1) is 0 Å². The second kappa shape index (κ2) is 6.29. The molecule has 3 heteroatoms. The summed E-state index contributed by atoms with van der Waals surface area (Å²) in [4.78, 5) is 10.7. The van der Waals surface area contributed by atoms with Crippen LogP contribution in [0.1, 0.15) is 13.3 Å². The maximum Gasteiger partial charge on any atom is 0.223 e. The highest BCUT2D eigenvalue weighted by Gasteiger charge is 1.93. The standard InChI is InChI=1S/C7H13NO2/c1-2-3-4-7(10)8-5-6-9/h2-3,9H,4-6H2,1H3,(H,8,10). The fourth-order valence-electron chi connectivity index (χ4n) is 0.492. The van der Waals surface area contributed by atoms with E-state index in [9.17, 15) is 4.79 Å². The first-order valence-electron chi connectivity index (χ1n) is 3.30. The third-order valence-corrected chi connectivity index (χ3v) is 0.973. The molecular weight excluding hydrogens is 130 g/mol. The Hall–Kier alpha value is -0.830. The molecule has 0 saturated carbocycles. The van der Waals surface area contributed by atoms with Crippen molar-refractivity contribution in [1.82, 2.24) is 5.32 Å². The maximum atomic E-state index is 10.7. The van der Waals surface area contributed by atoms with E-state index < -0.39 is 0 Å². The summed E-state index contributed by atoms with van der Waals surface area (Å²) in [6.45, 7) is 2.21. The molecule has 0 aromatic heterocycles. The van der Waals surface area contributed by atoms with Gasteiger partial charge in [-0.05, 0) is 6.92 Å². The summed E-state index contributed by atoms with van der Waals surface area (Å²) in [6.07, 6.45) is 3.99. The summed E-state index contributed by atoms with van der Waals surface area (Å²) < 4.78 is 0. The smallest absolute Gasteiger partial charge is 0.223 e. The van der Waals surface area contributed by atoms with E-state index in [-0.39, 0.29) is 12.5 Å². The van der Waals surface area contributed by atoms with Crippen molar-refractivity contribution in [3.8, 4) is 0 Å². The number of rotatable bonds is 4. The molecular formula is C7H13NO2. The van der Waals surface area contributed by atoms with Crippen LogP contribution in [0.2, 0.25) is 0 Å². The summed E-state index contributed by atoms with van der Waals surface area (Å²) in [7, 11) is 0. The second-order valence-corrected chi connectivity index (χ2v) is 1.85. The van der Waals surface area contributed by atoms with Gasteiger partial charge in [0.15, 0.2) is 0 Å². The van der Waals surface area contributed by atoms with Crippen molar-refractivity contribution in [3.05, 3.63) is 12.2 Å². The van der Waals surface area contributed by atoms with Gasteiger partial charge in [-0.25, -0.2) is 0 Å². The molecule has 0 radical (unpaired) electrons. The van der Waals surface area contributed by atoms with Crippen LogP contribution in [0.3, 0.4) is 0 Å². The SMILES string of the molecule is CC=CCC(=O)NCCO. The van der Waals surface area contributed by atoms with Gasteiger partial charge in [0.2, 0.25) is 5.91 Å². The van der Waals surface area contributed by atoms with E-state index in [2.05, 4.69) is 5.32 Å². The lowest BCUT2D eigenvalue weighted by Gasteiger charge is -1.97. The number of aliphatic hydroxyl groups excluding tert-OH is 1. The fourth-order valence-corrected chi connectivity index (χ4v) is 0.492. The Labute approximate surface area is 60.7 Å². The van der Waals surface area contributed by atoms with Crippen molar-refractivity contribution in [3.63, 3.8) is 0 Å². The molecule has 3 nitrogen and oxygen atoms in total. The first-order chi connectivity index (χ1) is 4.81. The minimum absolute atomic E-state index is 0.00157. The topological polar surface area (TPSA) is 49.3 Å². The van der Waals surface area contributed by atoms with Crippen molar-refractivity contribution in [2.45, 2.75) is 13.3 Å².